The Kier molecular flexibility index (Phi) is 6.09. The number of carbonyl (C=O) groups excluding carboxylic acids is 1. The first-order valence-corrected chi connectivity index (χ1v) is 11.4. The number of piperazine rings is 1. The molecule has 31 heavy (non-hydrogen) atoms. The normalized spacial score (nSPS) is 21.0. The zero-order valence-corrected chi connectivity index (χ0v) is 17.9. The highest BCUT2D eigenvalue weighted by Gasteiger charge is 2.23. The number of carbonyl (C=O) groups is 1. The summed E-state index contributed by atoms with van der Waals surface area (Å²) in [6.07, 6.45) is 3.37. The number of hydrogen-bond acceptors (Lipinski definition) is 5. The number of ether oxygens (including phenoxy) is 3. The van der Waals surface area contributed by atoms with Gasteiger partial charge in [-0.15, -0.1) is 0 Å². The second-order valence-electron chi connectivity index (χ2n) is 8.58. The Hall–Kier alpha value is -2.57. The molecule has 3 aliphatic rings. The minimum absolute atomic E-state index is 0.0972. The summed E-state index contributed by atoms with van der Waals surface area (Å²) in [7, 11) is 0. The van der Waals surface area contributed by atoms with Gasteiger partial charge in [0, 0.05) is 51.3 Å². The highest BCUT2D eigenvalue weighted by atomic mass is 16.5. The summed E-state index contributed by atoms with van der Waals surface area (Å²) in [6, 6.07) is 14.0. The smallest absolute Gasteiger partial charge is 0.253 e. The van der Waals surface area contributed by atoms with Crippen LogP contribution >= 0.6 is 0 Å². The van der Waals surface area contributed by atoms with Gasteiger partial charge in [-0.2, -0.15) is 0 Å². The number of amides is 1. The van der Waals surface area contributed by atoms with Crippen LogP contribution in [0.3, 0.4) is 0 Å². The van der Waals surface area contributed by atoms with E-state index in [1.54, 1.807) is 0 Å². The lowest BCUT2D eigenvalue weighted by Crippen LogP contribution is -2.48. The van der Waals surface area contributed by atoms with E-state index in [9.17, 15) is 4.79 Å². The molecule has 1 atom stereocenters. The van der Waals surface area contributed by atoms with Gasteiger partial charge in [-0.25, -0.2) is 0 Å². The van der Waals surface area contributed by atoms with Crippen molar-refractivity contribution >= 4 is 5.91 Å². The molecule has 0 spiro atoms. The third-order valence-corrected chi connectivity index (χ3v) is 6.38. The molecule has 5 rings (SSSR count). The maximum Gasteiger partial charge on any atom is 0.253 e. The molecule has 0 aromatic heterocycles. The monoisotopic (exact) mass is 422 g/mol. The molecule has 2 saturated heterocycles. The average molecular weight is 423 g/mol. The fourth-order valence-corrected chi connectivity index (χ4v) is 4.55. The number of rotatable bonds is 6. The Morgan fingerprint density at radius 3 is 2.65 bits per heavy atom. The lowest BCUT2D eigenvalue weighted by molar-refractivity contribution is 0.0627. The van der Waals surface area contributed by atoms with Crippen LogP contribution in [0.1, 0.15) is 34.3 Å². The van der Waals surface area contributed by atoms with Crippen molar-refractivity contribution < 1.29 is 19.0 Å². The molecule has 0 unspecified atom stereocenters. The van der Waals surface area contributed by atoms with Gasteiger partial charge in [0.05, 0.1) is 12.7 Å². The van der Waals surface area contributed by atoms with Crippen LogP contribution in [0.15, 0.2) is 42.5 Å². The summed E-state index contributed by atoms with van der Waals surface area (Å²) in [4.78, 5) is 17.3. The first-order valence-electron chi connectivity index (χ1n) is 11.4. The average Bonchev–Trinajstić information content (AvgIpc) is 3.50. The van der Waals surface area contributed by atoms with Crippen LogP contribution in [0.2, 0.25) is 0 Å². The third-order valence-electron chi connectivity index (χ3n) is 6.38. The van der Waals surface area contributed by atoms with Crippen LogP contribution in [-0.2, 0) is 17.7 Å². The number of benzene rings is 2. The van der Waals surface area contributed by atoms with E-state index in [0.29, 0.717) is 6.61 Å². The first kappa shape index (κ1) is 20.3. The van der Waals surface area contributed by atoms with E-state index >= 15 is 0 Å². The predicted octanol–water partition coefficient (Wildman–Crippen LogP) is 3.14. The number of nitrogens with zero attached hydrogens (tertiary/aromatic N) is 2. The van der Waals surface area contributed by atoms with Crippen molar-refractivity contribution in [3.63, 3.8) is 0 Å². The van der Waals surface area contributed by atoms with Crippen LogP contribution in [-0.4, -0.2) is 67.8 Å². The molecule has 6 heteroatoms. The molecular weight excluding hydrogens is 392 g/mol. The van der Waals surface area contributed by atoms with Crippen LogP contribution in [0, 0.1) is 0 Å². The minimum atomic E-state index is 0.0972. The van der Waals surface area contributed by atoms with Gasteiger partial charge in [-0.3, -0.25) is 9.69 Å². The topological polar surface area (TPSA) is 51.2 Å². The van der Waals surface area contributed by atoms with E-state index in [2.05, 4.69) is 23.1 Å². The van der Waals surface area contributed by atoms with Gasteiger partial charge in [-0.1, -0.05) is 12.1 Å². The fourth-order valence-electron chi connectivity index (χ4n) is 4.55. The summed E-state index contributed by atoms with van der Waals surface area (Å²) >= 11 is 0. The summed E-state index contributed by atoms with van der Waals surface area (Å²) in [5.41, 5.74) is 3.36. The molecular formula is C25H30N2O4. The zero-order valence-electron chi connectivity index (χ0n) is 17.9. The quantitative estimate of drug-likeness (QED) is 0.716. The van der Waals surface area contributed by atoms with E-state index in [-0.39, 0.29) is 12.0 Å². The van der Waals surface area contributed by atoms with Crippen molar-refractivity contribution in [1.82, 2.24) is 9.80 Å². The van der Waals surface area contributed by atoms with Gasteiger partial charge in [0.2, 0.25) is 0 Å². The molecule has 0 radical (unpaired) electrons. The number of fused-ring (bicyclic) bond motifs is 1. The summed E-state index contributed by atoms with van der Waals surface area (Å²) in [6.45, 7) is 6.41. The van der Waals surface area contributed by atoms with Crippen molar-refractivity contribution in [2.75, 3.05) is 46.0 Å². The zero-order chi connectivity index (χ0) is 21.0. The van der Waals surface area contributed by atoms with Gasteiger partial charge in [-0.05, 0) is 54.3 Å². The van der Waals surface area contributed by atoms with E-state index in [0.717, 1.165) is 82.3 Å². The van der Waals surface area contributed by atoms with Crippen molar-refractivity contribution in [1.29, 1.82) is 0 Å². The summed E-state index contributed by atoms with van der Waals surface area (Å²) < 4.78 is 17.0. The first-order chi connectivity index (χ1) is 15.2. The van der Waals surface area contributed by atoms with Gasteiger partial charge in [0.1, 0.15) is 18.1 Å². The van der Waals surface area contributed by atoms with Crippen molar-refractivity contribution in [3.05, 3.63) is 59.2 Å². The number of hydrogen-bond donors (Lipinski definition) is 0. The molecule has 2 aromatic rings. The molecule has 0 aliphatic carbocycles. The van der Waals surface area contributed by atoms with E-state index in [4.69, 9.17) is 14.2 Å². The predicted molar refractivity (Wildman–Crippen MR) is 118 cm³/mol. The Morgan fingerprint density at radius 2 is 1.87 bits per heavy atom. The Bertz CT molecular complexity index is 900. The second-order valence-corrected chi connectivity index (χ2v) is 8.58. The van der Waals surface area contributed by atoms with Crippen LogP contribution in [0.5, 0.6) is 11.5 Å². The van der Waals surface area contributed by atoms with Crippen molar-refractivity contribution in [2.45, 2.75) is 31.9 Å². The van der Waals surface area contributed by atoms with E-state index < -0.39 is 0 Å². The molecule has 0 N–H and O–H groups in total. The molecule has 0 bridgehead atoms. The van der Waals surface area contributed by atoms with Gasteiger partial charge in [0.15, 0.2) is 0 Å². The summed E-state index contributed by atoms with van der Waals surface area (Å²) in [5, 5.41) is 0. The molecule has 0 saturated carbocycles. The standard InChI is InChI=1S/C25H30N2O4/c28-25(20-4-6-22(7-5-20)31-18-23-2-1-14-29-23)27-12-10-26(11-13-27)17-19-3-8-24-21(16-19)9-15-30-24/h3-8,16,23H,1-2,9-15,17-18H2/t23-/m1/s1. The SMILES string of the molecule is O=C(c1ccc(OC[C@H]2CCCO2)cc1)N1CCN(Cc2ccc3c(c2)CCO3)CC1. The highest BCUT2D eigenvalue weighted by Crippen LogP contribution is 2.26. The largest absolute Gasteiger partial charge is 0.493 e. The Balaban J connectivity index is 1.10. The molecule has 3 heterocycles. The lowest BCUT2D eigenvalue weighted by atomic mass is 10.1. The fraction of sp³-hybridized carbons (Fsp3) is 0.480. The molecule has 164 valence electrons. The molecule has 2 aromatic carbocycles. The van der Waals surface area contributed by atoms with Crippen molar-refractivity contribution in [2.24, 2.45) is 0 Å². The highest BCUT2D eigenvalue weighted by molar-refractivity contribution is 5.94. The molecule has 2 fully saturated rings. The van der Waals surface area contributed by atoms with Crippen molar-refractivity contribution in [3.8, 4) is 11.5 Å². The summed E-state index contributed by atoms with van der Waals surface area (Å²) in [5.74, 6) is 1.92. The maximum atomic E-state index is 12.9. The van der Waals surface area contributed by atoms with E-state index in [1.807, 2.05) is 29.2 Å². The van der Waals surface area contributed by atoms with Gasteiger partial charge < -0.3 is 19.1 Å². The van der Waals surface area contributed by atoms with Crippen LogP contribution < -0.4 is 9.47 Å². The molecule has 3 aliphatic heterocycles. The Labute approximate surface area is 183 Å². The maximum absolute atomic E-state index is 12.9. The van der Waals surface area contributed by atoms with Crippen LogP contribution in [0.4, 0.5) is 0 Å². The van der Waals surface area contributed by atoms with Gasteiger partial charge >= 0.3 is 0 Å². The van der Waals surface area contributed by atoms with Crippen LogP contribution in [0.25, 0.3) is 0 Å². The molecule has 6 nitrogen and oxygen atoms in total. The van der Waals surface area contributed by atoms with Gasteiger partial charge in [0.25, 0.3) is 5.91 Å². The second kappa shape index (κ2) is 9.28. The Morgan fingerprint density at radius 1 is 1.03 bits per heavy atom. The minimum Gasteiger partial charge on any atom is -0.493 e. The third kappa shape index (κ3) is 4.86. The van der Waals surface area contributed by atoms with E-state index in [1.165, 1.54) is 11.1 Å². The lowest BCUT2D eigenvalue weighted by Gasteiger charge is -2.35. The molecule has 1 amide bonds.